The smallest absolute Gasteiger partial charge is 0.123 e. The van der Waals surface area contributed by atoms with Gasteiger partial charge in [0, 0.05) is 29.3 Å². The Morgan fingerprint density at radius 3 is 2.74 bits per heavy atom. The molecule has 2 rings (SSSR count). The highest BCUT2D eigenvalue weighted by Crippen LogP contribution is 2.22. The first-order chi connectivity index (χ1) is 8.79. The SMILES string of the molecule is COc1ccc(Br)cc1CNCc1ccccn1.[Cl-]. The summed E-state index contributed by atoms with van der Waals surface area (Å²) in [6.45, 7) is 1.50. The monoisotopic (exact) mass is 341 g/mol. The molecule has 0 aliphatic heterocycles. The summed E-state index contributed by atoms with van der Waals surface area (Å²) in [5.74, 6) is 0.895. The summed E-state index contributed by atoms with van der Waals surface area (Å²) >= 11 is 3.47. The molecule has 2 aromatic rings. The van der Waals surface area contributed by atoms with Gasteiger partial charge in [-0.15, -0.1) is 0 Å². The molecular weight excluding hydrogens is 328 g/mol. The quantitative estimate of drug-likeness (QED) is 0.840. The largest absolute Gasteiger partial charge is 1.00 e. The zero-order valence-corrected chi connectivity index (χ0v) is 12.9. The van der Waals surface area contributed by atoms with Crippen LogP contribution in [0.5, 0.6) is 5.75 Å². The van der Waals surface area contributed by atoms with Gasteiger partial charge in [-0.05, 0) is 30.3 Å². The van der Waals surface area contributed by atoms with E-state index in [2.05, 4.69) is 32.3 Å². The molecule has 1 aromatic carbocycles. The maximum absolute atomic E-state index is 5.33. The number of aromatic nitrogens is 1. The Hall–Kier alpha value is -1.10. The summed E-state index contributed by atoms with van der Waals surface area (Å²) in [5, 5.41) is 3.36. The number of halogens is 2. The maximum Gasteiger partial charge on any atom is 0.123 e. The lowest BCUT2D eigenvalue weighted by Gasteiger charge is -2.10. The number of nitrogens with one attached hydrogen (secondary N) is 1. The van der Waals surface area contributed by atoms with Crippen molar-refractivity contribution in [3.8, 4) is 5.75 Å². The molecule has 0 aliphatic carbocycles. The number of methoxy groups -OCH3 is 1. The van der Waals surface area contributed by atoms with Crippen LogP contribution in [0.3, 0.4) is 0 Å². The van der Waals surface area contributed by atoms with E-state index < -0.39 is 0 Å². The number of nitrogens with zero attached hydrogens (tertiary/aromatic N) is 1. The van der Waals surface area contributed by atoms with Crippen LogP contribution < -0.4 is 22.5 Å². The minimum atomic E-state index is 0. The molecule has 19 heavy (non-hydrogen) atoms. The molecule has 102 valence electrons. The van der Waals surface area contributed by atoms with Crippen LogP contribution in [-0.4, -0.2) is 12.1 Å². The van der Waals surface area contributed by atoms with Crippen molar-refractivity contribution in [2.75, 3.05) is 7.11 Å². The second kappa shape index (κ2) is 8.15. The van der Waals surface area contributed by atoms with Gasteiger partial charge in [-0.25, -0.2) is 0 Å². The van der Waals surface area contributed by atoms with Crippen molar-refractivity contribution in [1.82, 2.24) is 10.3 Å². The fourth-order valence-electron chi connectivity index (χ4n) is 1.71. The van der Waals surface area contributed by atoms with Gasteiger partial charge in [0.15, 0.2) is 0 Å². The Balaban J connectivity index is 0.00000180. The number of ether oxygens (including phenoxy) is 1. The first-order valence-electron chi connectivity index (χ1n) is 5.72. The highest BCUT2D eigenvalue weighted by molar-refractivity contribution is 9.10. The van der Waals surface area contributed by atoms with Crippen LogP contribution in [-0.2, 0) is 13.1 Å². The van der Waals surface area contributed by atoms with Gasteiger partial charge >= 0.3 is 0 Å². The van der Waals surface area contributed by atoms with Crippen LogP contribution in [0.1, 0.15) is 11.3 Å². The number of hydrogen-bond donors (Lipinski definition) is 1. The van der Waals surface area contributed by atoms with Crippen LogP contribution in [0.4, 0.5) is 0 Å². The van der Waals surface area contributed by atoms with Gasteiger partial charge in [0.1, 0.15) is 5.75 Å². The first kappa shape index (κ1) is 16.0. The predicted molar refractivity (Wildman–Crippen MR) is 75.5 cm³/mol. The minimum Gasteiger partial charge on any atom is -1.00 e. The molecular formula is C14H15BrClN2O-. The molecule has 0 saturated heterocycles. The van der Waals surface area contributed by atoms with Crippen molar-refractivity contribution in [2.45, 2.75) is 13.1 Å². The van der Waals surface area contributed by atoms with Crippen LogP contribution in [0, 0.1) is 0 Å². The Morgan fingerprint density at radius 1 is 1.21 bits per heavy atom. The van der Waals surface area contributed by atoms with E-state index in [1.165, 1.54) is 0 Å². The molecule has 0 saturated carbocycles. The third-order valence-electron chi connectivity index (χ3n) is 2.59. The Bertz CT molecular complexity index is 508. The van der Waals surface area contributed by atoms with Gasteiger partial charge in [-0.2, -0.15) is 0 Å². The molecule has 5 heteroatoms. The molecule has 0 amide bonds. The summed E-state index contributed by atoms with van der Waals surface area (Å²) in [6, 6.07) is 11.9. The lowest BCUT2D eigenvalue weighted by Crippen LogP contribution is -3.00. The molecule has 0 radical (unpaired) electrons. The Kier molecular flexibility index (Phi) is 6.84. The van der Waals surface area contributed by atoms with Crippen molar-refractivity contribution in [3.63, 3.8) is 0 Å². The predicted octanol–water partition coefficient (Wildman–Crippen LogP) is 0.146. The van der Waals surface area contributed by atoms with Crippen LogP contribution in [0.2, 0.25) is 0 Å². The van der Waals surface area contributed by atoms with E-state index in [1.54, 1.807) is 13.3 Å². The Morgan fingerprint density at radius 2 is 2.05 bits per heavy atom. The molecule has 0 fully saturated rings. The average molecular weight is 343 g/mol. The molecule has 1 N–H and O–H groups in total. The van der Waals surface area contributed by atoms with Gasteiger partial charge < -0.3 is 22.5 Å². The van der Waals surface area contributed by atoms with E-state index in [4.69, 9.17) is 4.74 Å². The van der Waals surface area contributed by atoms with E-state index in [1.807, 2.05) is 30.3 Å². The molecule has 0 bridgehead atoms. The number of rotatable bonds is 5. The summed E-state index contributed by atoms with van der Waals surface area (Å²) in [6.07, 6.45) is 1.80. The van der Waals surface area contributed by atoms with Crippen molar-refractivity contribution < 1.29 is 17.1 Å². The lowest BCUT2D eigenvalue weighted by molar-refractivity contribution is -0.00000393. The first-order valence-corrected chi connectivity index (χ1v) is 6.52. The van der Waals surface area contributed by atoms with Crippen LogP contribution in [0.15, 0.2) is 47.1 Å². The van der Waals surface area contributed by atoms with Crippen LogP contribution in [0.25, 0.3) is 0 Å². The highest BCUT2D eigenvalue weighted by atomic mass is 79.9. The maximum atomic E-state index is 5.33. The standard InChI is InChI=1S/C14H15BrN2O.ClH/c1-18-14-6-5-12(15)8-11(14)9-16-10-13-4-2-3-7-17-13;/h2-8,16H,9-10H2,1H3;1H/p-1. The van der Waals surface area contributed by atoms with Gasteiger partial charge in [-0.1, -0.05) is 22.0 Å². The van der Waals surface area contributed by atoms with E-state index in [9.17, 15) is 0 Å². The second-order valence-corrected chi connectivity index (χ2v) is 4.80. The second-order valence-electron chi connectivity index (χ2n) is 3.88. The number of pyridine rings is 1. The van der Waals surface area contributed by atoms with Gasteiger partial charge in [0.2, 0.25) is 0 Å². The third-order valence-corrected chi connectivity index (χ3v) is 3.08. The summed E-state index contributed by atoms with van der Waals surface area (Å²) < 4.78 is 6.38. The van der Waals surface area contributed by atoms with E-state index in [0.717, 1.165) is 34.6 Å². The fourth-order valence-corrected chi connectivity index (χ4v) is 2.12. The molecule has 3 nitrogen and oxygen atoms in total. The normalized spacial score (nSPS) is 9.79. The summed E-state index contributed by atoms with van der Waals surface area (Å²) in [4.78, 5) is 4.27. The van der Waals surface area contributed by atoms with Gasteiger partial charge in [0.05, 0.1) is 12.8 Å². The Labute approximate surface area is 127 Å². The number of benzene rings is 1. The van der Waals surface area contributed by atoms with Crippen molar-refractivity contribution in [2.24, 2.45) is 0 Å². The average Bonchev–Trinajstić information content (AvgIpc) is 2.40. The van der Waals surface area contributed by atoms with Crippen molar-refractivity contribution in [1.29, 1.82) is 0 Å². The molecule has 0 aliphatic rings. The fraction of sp³-hybridized carbons (Fsp3) is 0.214. The van der Waals surface area contributed by atoms with Crippen LogP contribution >= 0.6 is 15.9 Å². The lowest BCUT2D eigenvalue weighted by atomic mass is 10.2. The van der Waals surface area contributed by atoms with Gasteiger partial charge in [-0.3, -0.25) is 4.98 Å². The topological polar surface area (TPSA) is 34.1 Å². The summed E-state index contributed by atoms with van der Waals surface area (Å²) in [5.41, 5.74) is 2.16. The molecule has 1 aromatic heterocycles. The zero-order chi connectivity index (χ0) is 12.8. The minimum absolute atomic E-state index is 0. The van der Waals surface area contributed by atoms with Crippen molar-refractivity contribution in [3.05, 3.63) is 58.3 Å². The van der Waals surface area contributed by atoms with Crippen molar-refractivity contribution >= 4 is 15.9 Å². The molecule has 1 heterocycles. The molecule has 0 unspecified atom stereocenters. The zero-order valence-electron chi connectivity index (χ0n) is 10.6. The van der Waals surface area contributed by atoms with E-state index in [0.29, 0.717) is 0 Å². The highest BCUT2D eigenvalue weighted by Gasteiger charge is 2.03. The third kappa shape index (κ3) is 4.82. The van der Waals surface area contributed by atoms with Gasteiger partial charge in [0.25, 0.3) is 0 Å². The number of hydrogen-bond acceptors (Lipinski definition) is 3. The van der Waals surface area contributed by atoms with E-state index in [-0.39, 0.29) is 12.4 Å². The van der Waals surface area contributed by atoms with E-state index >= 15 is 0 Å². The molecule has 0 atom stereocenters. The molecule has 0 spiro atoms. The summed E-state index contributed by atoms with van der Waals surface area (Å²) in [7, 11) is 1.69.